The van der Waals surface area contributed by atoms with E-state index in [1.54, 1.807) is 4.57 Å². The summed E-state index contributed by atoms with van der Waals surface area (Å²) in [7, 11) is 0. The summed E-state index contributed by atoms with van der Waals surface area (Å²) in [6.45, 7) is 7.19. The second-order valence-electron chi connectivity index (χ2n) is 6.47. The average molecular weight is 360 g/mol. The van der Waals surface area contributed by atoms with Gasteiger partial charge in [0.2, 0.25) is 5.91 Å². The number of likely N-dealkylation sites (N-methyl/N-ethyl adjacent to an activating group) is 1. The molecule has 0 bridgehead atoms. The topological polar surface area (TPSA) is 63.1 Å². The van der Waals surface area contributed by atoms with Gasteiger partial charge in [-0.3, -0.25) is 14.5 Å². The number of carbonyl (C=O) groups excluding carboxylic acids is 1. The number of hydrogen-bond donors (Lipinski definition) is 1. The van der Waals surface area contributed by atoms with Crippen molar-refractivity contribution in [2.45, 2.75) is 26.8 Å². The number of aryl methyl sites for hydroxylation is 1. The summed E-state index contributed by atoms with van der Waals surface area (Å²) in [5.74, 6) is 1.18. The number of nitrogens with zero attached hydrogens (tertiary/aromatic N) is 3. The highest BCUT2D eigenvalue weighted by atomic mass is 32.1. The Kier molecular flexibility index (Phi) is 5.65. The number of amides is 1. The van der Waals surface area contributed by atoms with Crippen molar-refractivity contribution < 1.29 is 9.53 Å². The van der Waals surface area contributed by atoms with E-state index >= 15 is 0 Å². The summed E-state index contributed by atoms with van der Waals surface area (Å²) < 4.78 is 7.66. The van der Waals surface area contributed by atoms with Gasteiger partial charge in [-0.25, -0.2) is 0 Å². The fourth-order valence-electron chi connectivity index (χ4n) is 3.07. The van der Waals surface area contributed by atoms with Crippen molar-refractivity contribution in [3.05, 3.63) is 34.6 Å². The summed E-state index contributed by atoms with van der Waals surface area (Å²) in [6.07, 6.45) is 1.02. The van der Waals surface area contributed by atoms with E-state index in [4.69, 9.17) is 17.0 Å². The Labute approximate surface area is 152 Å². The molecule has 134 valence electrons. The van der Waals surface area contributed by atoms with Crippen molar-refractivity contribution in [2.75, 3.05) is 26.3 Å². The van der Waals surface area contributed by atoms with E-state index in [1.165, 1.54) is 5.56 Å². The molecular formula is C18H24N4O2S. The first-order valence-corrected chi connectivity index (χ1v) is 9.07. The summed E-state index contributed by atoms with van der Waals surface area (Å²) in [5.41, 5.74) is 2.12. The quantitative estimate of drug-likeness (QED) is 0.805. The number of rotatable bonds is 6. The van der Waals surface area contributed by atoms with Crippen LogP contribution in [0.1, 0.15) is 18.9 Å². The van der Waals surface area contributed by atoms with E-state index in [-0.39, 0.29) is 12.5 Å². The highest BCUT2D eigenvalue weighted by Crippen LogP contribution is 2.19. The lowest BCUT2D eigenvalue weighted by Crippen LogP contribution is -2.37. The molecule has 7 heteroatoms. The molecule has 1 fully saturated rings. The van der Waals surface area contributed by atoms with Crippen molar-refractivity contribution in [1.82, 2.24) is 19.7 Å². The summed E-state index contributed by atoms with van der Waals surface area (Å²) in [6, 6.07) is 8.04. The molecule has 0 unspecified atom stereocenters. The van der Waals surface area contributed by atoms with Gasteiger partial charge in [0, 0.05) is 31.2 Å². The molecule has 1 atom stereocenters. The summed E-state index contributed by atoms with van der Waals surface area (Å²) in [5, 5.41) is 7.12. The number of hydrogen-bond acceptors (Lipinski definition) is 4. The van der Waals surface area contributed by atoms with Crippen LogP contribution >= 0.6 is 12.2 Å². The lowest BCUT2D eigenvalue weighted by Gasteiger charge is -2.24. The molecule has 6 nitrogen and oxygen atoms in total. The summed E-state index contributed by atoms with van der Waals surface area (Å²) in [4.78, 5) is 14.7. The first kappa shape index (κ1) is 17.8. The second kappa shape index (κ2) is 7.93. The Balaban J connectivity index is 1.77. The van der Waals surface area contributed by atoms with Crippen molar-refractivity contribution in [3.8, 4) is 11.4 Å². The molecule has 0 spiro atoms. The number of nitrogens with one attached hydrogen (secondary N) is 1. The van der Waals surface area contributed by atoms with Gasteiger partial charge in [-0.1, -0.05) is 29.8 Å². The van der Waals surface area contributed by atoms with Crippen molar-refractivity contribution in [1.29, 1.82) is 0 Å². The molecule has 3 rings (SSSR count). The molecule has 1 aliphatic heterocycles. The van der Waals surface area contributed by atoms with E-state index in [0.717, 1.165) is 31.7 Å². The number of carbonyl (C=O) groups is 1. The van der Waals surface area contributed by atoms with Crippen LogP contribution in [0.3, 0.4) is 0 Å². The molecule has 2 aromatic rings. The largest absolute Gasteiger partial charge is 0.381 e. The lowest BCUT2D eigenvalue weighted by atomic mass is 10.1. The monoisotopic (exact) mass is 360 g/mol. The Morgan fingerprint density at radius 3 is 2.84 bits per heavy atom. The van der Waals surface area contributed by atoms with E-state index in [9.17, 15) is 4.79 Å². The molecule has 1 aliphatic rings. The molecule has 2 heterocycles. The van der Waals surface area contributed by atoms with E-state index in [0.29, 0.717) is 23.1 Å². The van der Waals surface area contributed by atoms with Crippen molar-refractivity contribution >= 4 is 18.1 Å². The Bertz CT molecular complexity index is 775. The van der Waals surface area contributed by atoms with Crippen LogP contribution in [0.25, 0.3) is 11.4 Å². The normalized spacial score (nSPS) is 17.0. The van der Waals surface area contributed by atoms with Crippen LogP contribution < -0.4 is 0 Å². The fourth-order valence-corrected chi connectivity index (χ4v) is 3.27. The molecule has 1 amide bonds. The molecule has 0 saturated carbocycles. The first-order valence-electron chi connectivity index (χ1n) is 8.66. The van der Waals surface area contributed by atoms with Crippen LogP contribution in [0, 0.1) is 17.6 Å². The zero-order valence-electron chi connectivity index (χ0n) is 14.7. The van der Waals surface area contributed by atoms with Gasteiger partial charge in [0.05, 0.1) is 6.61 Å². The molecule has 0 radical (unpaired) electrons. The number of aromatic nitrogens is 3. The van der Waals surface area contributed by atoms with Gasteiger partial charge in [-0.15, -0.1) is 0 Å². The predicted molar refractivity (Wildman–Crippen MR) is 98.8 cm³/mol. The highest BCUT2D eigenvalue weighted by molar-refractivity contribution is 7.71. The maximum absolute atomic E-state index is 12.8. The average Bonchev–Trinajstić information content (AvgIpc) is 3.24. The highest BCUT2D eigenvalue weighted by Gasteiger charge is 2.22. The molecule has 1 aromatic carbocycles. The number of ether oxygens (including phenoxy) is 1. The number of aromatic amines is 1. The maximum Gasteiger partial charge on any atom is 0.242 e. The van der Waals surface area contributed by atoms with Gasteiger partial charge in [0.25, 0.3) is 0 Å². The van der Waals surface area contributed by atoms with Crippen LogP contribution in [0.5, 0.6) is 0 Å². The predicted octanol–water partition coefficient (Wildman–Crippen LogP) is 2.80. The van der Waals surface area contributed by atoms with E-state index in [2.05, 4.69) is 10.2 Å². The lowest BCUT2D eigenvalue weighted by molar-refractivity contribution is -0.132. The minimum absolute atomic E-state index is 0.0558. The van der Waals surface area contributed by atoms with Gasteiger partial charge in [0.15, 0.2) is 10.6 Å². The number of H-pyrrole nitrogens is 1. The third kappa shape index (κ3) is 4.16. The van der Waals surface area contributed by atoms with Crippen LogP contribution in [0.15, 0.2) is 24.3 Å². The Morgan fingerprint density at radius 1 is 1.44 bits per heavy atom. The second-order valence-corrected chi connectivity index (χ2v) is 6.85. The Hall–Kier alpha value is -1.99. The third-order valence-corrected chi connectivity index (χ3v) is 4.91. The minimum Gasteiger partial charge on any atom is -0.381 e. The van der Waals surface area contributed by atoms with Crippen molar-refractivity contribution in [3.63, 3.8) is 0 Å². The first-order chi connectivity index (χ1) is 12.1. The molecule has 1 aromatic heterocycles. The third-order valence-electron chi connectivity index (χ3n) is 4.60. The Morgan fingerprint density at radius 2 is 2.20 bits per heavy atom. The van der Waals surface area contributed by atoms with Gasteiger partial charge < -0.3 is 9.64 Å². The van der Waals surface area contributed by atoms with Crippen LogP contribution in [-0.2, 0) is 16.1 Å². The molecular weight excluding hydrogens is 336 g/mol. The van der Waals surface area contributed by atoms with Gasteiger partial charge >= 0.3 is 0 Å². The maximum atomic E-state index is 12.8. The minimum atomic E-state index is 0.0558. The SMILES string of the molecule is CCN(C[C@H]1CCOC1)C(=O)Cn1c(-c2ccc(C)cc2)n[nH]c1=S. The fraction of sp³-hybridized carbons (Fsp3) is 0.500. The number of benzene rings is 1. The zero-order valence-corrected chi connectivity index (χ0v) is 15.5. The van der Waals surface area contributed by atoms with Crippen molar-refractivity contribution in [2.24, 2.45) is 5.92 Å². The smallest absolute Gasteiger partial charge is 0.242 e. The van der Waals surface area contributed by atoms with Crippen LogP contribution in [0.2, 0.25) is 0 Å². The van der Waals surface area contributed by atoms with E-state index < -0.39 is 0 Å². The molecule has 25 heavy (non-hydrogen) atoms. The van der Waals surface area contributed by atoms with Gasteiger partial charge in [-0.05, 0) is 32.5 Å². The van der Waals surface area contributed by atoms with E-state index in [1.807, 2.05) is 43.0 Å². The molecule has 1 N–H and O–H groups in total. The van der Waals surface area contributed by atoms with Gasteiger partial charge in [0.1, 0.15) is 6.54 Å². The molecule has 1 saturated heterocycles. The van der Waals surface area contributed by atoms with Gasteiger partial charge in [-0.2, -0.15) is 5.10 Å². The summed E-state index contributed by atoms with van der Waals surface area (Å²) >= 11 is 5.34. The standard InChI is InChI=1S/C18H24N4O2S/c1-3-21(10-14-8-9-24-12-14)16(23)11-22-17(19-20-18(22)25)15-6-4-13(2)5-7-15/h4-7,14H,3,8-12H2,1-2H3,(H,20,25)/t14-/m1/s1. The van der Waals surface area contributed by atoms with Crippen LogP contribution in [0.4, 0.5) is 0 Å². The van der Waals surface area contributed by atoms with Crippen LogP contribution in [-0.4, -0.2) is 51.9 Å². The molecule has 0 aliphatic carbocycles. The zero-order chi connectivity index (χ0) is 17.8.